The number of piperidine rings is 3. The lowest BCUT2D eigenvalue weighted by Gasteiger charge is -2.51. The number of hydrogen-bond donors (Lipinski definition) is 4. The highest BCUT2D eigenvalue weighted by molar-refractivity contribution is 6.34. The van der Waals surface area contributed by atoms with Crippen molar-refractivity contribution >= 4 is 58.0 Å². The van der Waals surface area contributed by atoms with Crippen LogP contribution in [0.15, 0.2) is 48.7 Å². The van der Waals surface area contributed by atoms with Gasteiger partial charge in [-0.25, -0.2) is 23.1 Å². The molecule has 0 bridgehead atoms. The molecule has 1 aliphatic carbocycles. The third kappa shape index (κ3) is 9.14. The van der Waals surface area contributed by atoms with Crippen LogP contribution in [0.3, 0.4) is 0 Å². The molecule has 4 N–H and O–H groups in total. The number of amides is 4. The maximum atomic E-state index is 16.2. The average Bonchev–Trinajstić information content (AvgIpc) is 3.93. The second-order valence-corrected chi connectivity index (χ2v) is 19.0. The molecule has 15 nitrogen and oxygen atoms in total. The number of aliphatic hydroxyl groups is 1. The van der Waals surface area contributed by atoms with E-state index >= 15 is 8.78 Å². The van der Waals surface area contributed by atoms with Crippen LogP contribution in [0.1, 0.15) is 85.0 Å². The van der Waals surface area contributed by atoms with Crippen LogP contribution in [0, 0.1) is 5.41 Å². The minimum atomic E-state index is -2.83. The number of carbonyl (C=O) groups is 3. The predicted octanol–water partition coefficient (Wildman–Crippen LogP) is 6.04. The number of carbonyl (C=O) groups excluding carboxylic acids is 3. The van der Waals surface area contributed by atoms with Gasteiger partial charge in [-0.1, -0.05) is 29.8 Å². The maximum absolute atomic E-state index is 16.2. The highest BCUT2D eigenvalue weighted by Gasteiger charge is 2.49. The Kier molecular flexibility index (Phi) is 13.0. The first-order valence-corrected chi connectivity index (χ1v) is 23.5. The Balaban J connectivity index is 0.00000263. The Hall–Kier alpha value is -4.94. The molecule has 6 aliphatic rings. The van der Waals surface area contributed by atoms with E-state index in [1.165, 1.54) is 4.90 Å². The summed E-state index contributed by atoms with van der Waals surface area (Å²) in [6, 6.07) is 12.8. The molecule has 1 spiro atoms. The molecule has 5 aliphatic heterocycles. The molecule has 1 atom stereocenters. The maximum Gasteiger partial charge on any atom is 0.328 e. The highest BCUT2D eigenvalue weighted by Crippen LogP contribution is 2.45. The number of halogens is 3. The van der Waals surface area contributed by atoms with Crippen LogP contribution in [0.2, 0.25) is 5.02 Å². The lowest BCUT2D eigenvalue weighted by atomic mass is 9.70. The molecule has 4 aromatic rings. The number of aromatic nitrogens is 3. The van der Waals surface area contributed by atoms with Gasteiger partial charge in [-0.15, -0.1) is 5.10 Å². The van der Waals surface area contributed by atoms with Crippen LogP contribution in [-0.2, 0) is 24.3 Å². The van der Waals surface area contributed by atoms with E-state index in [1.807, 2.05) is 42.3 Å². The lowest BCUT2D eigenvalue weighted by molar-refractivity contribution is -0.139. The molecule has 2 aromatic heterocycles. The summed E-state index contributed by atoms with van der Waals surface area (Å²) >= 11 is 6.49. The topological polar surface area (TPSA) is 154 Å². The minimum absolute atomic E-state index is 0.176. The first-order chi connectivity index (χ1) is 31.5. The summed E-state index contributed by atoms with van der Waals surface area (Å²) in [5.41, 5.74) is 6.82. The Morgan fingerprint density at radius 2 is 1.65 bits per heavy atom. The molecule has 1 saturated carbocycles. The predicted molar refractivity (Wildman–Crippen MR) is 246 cm³/mol. The Morgan fingerprint density at radius 1 is 0.892 bits per heavy atom. The Morgan fingerprint density at radius 3 is 2.35 bits per heavy atom. The summed E-state index contributed by atoms with van der Waals surface area (Å²) in [5, 5.41) is 21.1. The number of fused-ring (bicyclic) bond motifs is 2. The molecule has 2 aromatic carbocycles. The van der Waals surface area contributed by atoms with Crippen molar-refractivity contribution in [3.8, 4) is 0 Å². The number of likely N-dealkylation sites (tertiary alicyclic amines) is 3. The van der Waals surface area contributed by atoms with Crippen LogP contribution in [0.25, 0.3) is 5.65 Å². The summed E-state index contributed by atoms with van der Waals surface area (Å²) in [7, 11) is 2.83. The smallest absolute Gasteiger partial charge is 0.328 e. The number of nitrogens with one attached hydrogen (secondary N) is 3. The summed E-state index contributed by atoms with van der Waals surface area (Å²) in [6.45, 7) is 5.80. The number of hydrogen-bond acceptors (Lipinski definition) is 11. The summed E-state index contributed by atoms with van der Waals surface area (Å²) in [5.74, 6) is -2.59. The lowest BCUT2D eigenvalue weighted by Crippen LogP contribution is -2.60. The number of alkyl halides is 2. The molecular formula is C47H60ClF2N11O4. The number of nitrogens with zero attached hydrogens (tertiary/aromatic N) is 8. The second-order valence-electron chi connectivity index (χ2n) is 18.6. The van der Waals surface area contributed by atoms with Gasteiger partial charge < -0.3 is 20.6 Å². The molecule has 18 heteroatoms. The van der Waals surface area contributed by atoms with Gasteiger partial charge in [0, 0.05) is 71.1 Å². The fourth-order valence-corrected chi connectivity index (χ4v) is 11.1. The quantitative estimate of drug-likeness (QED) is 0.147. The van der Waals surface area contributed by atoms with Gasteiger partial charge in [-0.2, -0.15) is 0 Å². The Labute approximate surface area is 383 Å². The van der Waals surface area contributed by atoms with E-state index in [0.717, 1.165) is 106 Å². The first kappa shape index (κ1) is 45.2. The zero-order valence-electron chi connectivity index (χ0n) is 37.3. The number of benzene rings is 2. The van der Waals surface area contributed by atoms with E-state index in [0.29, 0.717) is 73.6 Å². The van der Waals surface area contributed by atoms with E-state index in [9.17, 15) is 14.4 Å². The van der Waals surface area contributed by atoms with Crippen molar-refractivity contribution in [2.24, 2.45) is 5.41 Å². The molecule has 4 saturated heterocycles. The molecule has 348 valence electrons. The summed E-state index contributed by atoms with van der Waals surface area (Å²) < 4.78 is 34.1. The molecule has 7 heterocycles. The molecule has 4 amide bonds. The molecule has 10 rings (SSSR count). The van der Waals surface area contributed by atoms with Crippen molar-refractivity contribution in [1.82, 2.24) is 39.9 Å². The van der Waals surface area contributed by atoms with Crippen molar-refractivity contribution < 1.29 is 28.3 Å². The average molecular weight is 917 g/mol. The van der Waals surface area contributed by atoms with Gasteiger partial charge in [0.05, 0.1) is 35.2 Å². The largest absolute Gasteiger partial charge is 0.400 e. The number of imidazole rings is 1. The van der Waals surface area contributed by atoms with Crippen molar-refractivity contribution in [3.05, 3.63) is 76.1 Å². The van der Waals surface area contributed by atoms with Crippen molar-refractivity contribution in [1.29, 1.82) is 0 Å². The fraction of sp³-hybridized carbons (Fsp3) is 0.553. The molecule has 65 heavy (non-hydrogen) atoms. The summed E-state index contributed by atoms with van der Waals surface area (Å²) in [4.78, 5) is 52.0. The summed E-state index contributed by atoms with van der Waals surface area (Å²) in [6.07, 6.45) is 10.1. The molecule has 5 fully saturated rings. The van der Waals surface area contributed by atoms with E-state index in [2.05, 4.69) is 47.8 Å². The zero-order chi connectivity index (χ0) is 45.5. The van der Waals surface area contributed by atoms with E-state index in [-0.39, 0.29) is 36.2 Å². The number of rotatable bonds is 10. The van der Waals surface area contributed by atoms with Crippen LogP contribution in [-0.4, -0.2) is 137 Å². The third-order valence-electron chi connectivity index (χ3n) is 14.8. The minimum Gasteiger partial charge on any atom is -0.400 e. The molecule has 0 radical (unpaired) electrons. The van der Waals surface area contributed by atoms with Crippen LogP contribution in [0.5, 0.6) is 0 Å². The van der Waals surface area contributed by atoms with Gasteiger partial charge in [0.1, 0.15) is 0 Å². The van der Waals surface area contributed by atoms with Gasteiger partial charge in [0.2, 0.25) is 5.91 Å². The first-order valence-electron chi connectivity index (χ1n) is 23.1. The van der Waals surface area contributed by atoms with E-state index in [1.54, 1.807) is 10.7 Å². The number of aliphatic hydroxyl groups excluding tert-OH is 1. The van der Waals surface area contributed by atoms with Gasteiger partial charge in [-0.05, 0) is 124 Å². The van der Waals surface area contributed by atoms with E-state index in [4.69, 9.17) is 21.8 Å². The number of imide groups is 1. The standard InChI is InChI=1S/C46H56ClF2N11O3.CH4O/c1-50-35-25-40(54-60-38(26-51-42(35)60)43(62)52-32-5-3-6-32)58-18-10-33-31(4-2-7-36(33)58)28-56-17-11-39(46(48,49)29-56)57-22-15-45(16-23-57)13-20-55(21-14-45)27-30-8-9-34(47)37(24-30)59-19-12-41(61)53-44(59)63;1-2/h2,4,7-9,24-26,32,39,50H,3,5-6,10-23,27-29H2,1H3,(H,52,62)(H,53,61,63);2H,1H3. The zero-order valence-corrected chi connectivity index (χ0v) is 38.1. The van der Waals surface area contributed by atoms with Crippen molar-refractivity contribution in [3.63, 3.8) is 0 Å². The van der Waals surface area contributed by atoms with E-state index < -0.39 is 18.0 Å². The van der Waals surface area contributed by atoms with Crippen LogP contribution < -0.4 is 25.8 Å². The monoisotopic (exact) mass is 915 g/mol. The molecule has 1 unspecified atom stereocenters. The van der Waals surface area contributed by atoms with Gasteiger partial charge in [0.15, 0.2) is 17.2 Å². The van der Waals surface area contributed by atoms with Crippen molar-refractivity contribution in [2.45, 2.75) is 95.3 Å². The Bertz CT molecular complexity index is 2410. The number of anilines is 4. The van der Waals surface area contributed by atoms with Crippen LogP contribution in [0.4, 0.5) is 36.5 Å². The molecular weight excluding hydrogens is 856 g/mol. The van der Waals surface area contributed by atoms with Gasteiger partial charge in [0.25, 0.3) is 11.8 Å². The number of urea groups is 1. The van der Waals surface area contributed by atoms with Gasteiger partial charge in [-0.3, -0.25) is 34.5 Å². The van der Waals surface area contributed by atoms with Gasteiger partial charge >= 0.3 is 6.03 Å². The second kappa shape index (κ2) is 18.7. The van der Waals surface area contributed by atoms with Crippen LogP contribution >= 0.6 is 11.6 Å². The van der Waals surface area contributed by atoms with Crippen molar-refractivity contribution in [2.75, 3.05) is 81.6 Å². The highest BCUT2D eigenvalue weighted by atomic mass is 35.5. The normalized spacial score (nSPS) is 22.6. The fourth-order valence-electron chi connectivity index (χ4n) is 10.9. The SMILES string of the molecule is CNc1cc(N2CCc3c(CN4CCC(N5CCC6(CCN(Cc7ccc(Cl)c(N8CCC(=O)NC8=O)c7)CC6)CC5)C(F)(F)C4)cccc32)nn2c(C(=O)NC3CCC3)cnc12.CO. The third-order valence-corrected chi connectivity index (χ3v) is 15.1.